The van der Waals surface area contributed by atoms with Gasteiger partial charge in [-0.25, -0.2) is 9.81 Å². The number of hydroxylamine groups is 5. The molecule has 1 heterocycles. The van der Waals surface area contributed by atoms with Crippen LogP contribution in [0.3, 0.4) is 0 Å². The summed E-state index contributed by atoms with van der Waals surface area (Å²) in [6.07, 6.45) is 0.272. The molecule has 1 saturated heterocycles. The highest BCUT2D eigenvalue weighted by Crippen LogP contribution is 2.45. The molecule has 1 fully saturated rings. The average Bonchev–Trinajstić information content (AvgIpc) is 2.38. The van der Waals surface area contributed by atoms with Crippen molar-refractivity contribution < 1.29 is 19.4 Å². The fourth-order valence-corrected chi connectivity index (χ4v) is 2.72. The highest BCUT2D eigenvalue weighted by Gasteiger charge is 2.59. The van der Waals surface area contributed by atoms with Gasteiger partial charge in [0.05, 0.1) is 12.6 Å². The second kappa shape index (κ2) is 4.43. The SMILES string of the molecule is CO[N+]([O-])([O-])C1CC(C)(C)N(OC(C)=O)C1(C)C. The van der Waals surface area contributed by atoms with Crippen LogP contribution in [0.25, 0.3) is 0 Å². The Balaban J connectivity index is 3.11. The zero-order valence-electron chi connectivity index (χ0n) is 11.7. The predicted octanol–water partition coefficient (Wildman–Crippen LogP) is 1.47. The minimum atomic E-state index is -2.06. The molecule has 0 bridgehead atoms. The van der Waals surface area contributed by atoms with Gasteiger partial charge in [-0.2, -0.15) is 0 Å². The number of hydrogen-bond acceptors (Lipinski definition) is 6. The van der Waals surface area contributed by atoms with E-state index in [0.29, 0.717) is 0 Å². The van der Waals surface area contributed by atoms with Gasteiger partial charge in [0.2, 0.25) is 0 Å². The molecule has 0 aromatic rings. The largest absolute Gasteiger partial charge is 0.597 e. The second-order valence-electron chi connectivity index (χ2n) is 5.79. The van der Waals surface area contributed by atoms with Crippen molar-refractivity contribution in [1.29, 1.82) is 0 Å². The van der Waals surface area contributed by atoms with Gasteiger partial charge in [0.25, 0.3) is 0 Å². The molecule has 0 aromatic carbocycles. The molecule has 1 aliphatic heterocycles. The maximum Gasteiger partial charge on any atom is 0.322 e. The molecule has 1 atom stereocenters. The van der Waals surface area contributed by atoms with E-state index in [9.17, 15) is 15.2 Å². The molecule has 106 valence electrons. The maximum absolute atomic E-state index is 11.8. The summed E-state index contributed by atoms with van der Waals surface area (Å²) in [5.74, 6) is -0.482. The van der Waals surface area contributed by atoms with E-state index in [-0.39, 0.29) is 6.42 Å². The summed E-state index contributed by atoms with van der Waals surface area (Å²) in [6, 6.07) is -0.892. The Morgan fingerprint density at radius 1 is 1.33 bits per heavy atom. The Labute approximate surface area is 107 Å². The Bertz CT molecular complexity index is 340. The predicted molar refractivity (Wildman–Crippen MR) is 64.2 cm³/mol. The van der Waals surface area contributed by atoms with E-state index < -0.39 is 28.1 Å². The zero-order chi connectivity index (χ0) is 14.4. The van der Waals surface area contributed by atoms with Crippen molar-refractivity contribution in [2.24, 2.45) is 0 Å². The normalized spacial score (nSPS) is 27.2. The van der Waals surface area contributed by atoms with Gasteiger partial charge in [-0.15, -0.1) is 5.06 Å². The molecule has 0 N–H and O–H groups in total. The first-order valence-corrected chi connectivity index (χ1v) is 5.80. The van der Waals surface area contributed by atoms with Gasteiger partial charge in [0, 0.05) is 13.3 Å². The standard InChI is InChI=1S/C11H21N2O5/c1-8(14)18-12-10(2,3)7-9(11(12,4)5)13(15,16)17-6/h9H,7H2,1-6H3/q-1. The number of quaternary nitrogens is 1. The van der Waals surface area contributed by atoms with Crippen LogP contribution in [0.5, 0.6) is 0 Å². The molecule has 1 aliphatic rings. The molecule has 0 aliphatic carbocycles. The van der Waals surface area contributed by atoms with E-state index in [0.717, 1.165) is 7.11 Å². The first-order chi connectivity index (χ1) is 7.95. The first kappa shape index (κ1) is 15.3. The van der Waals surface area contributed by atoms with E-state index in [1.54, 1.807) is 13.8 Å². The number of carbonyl (C=O) groups excluding carboxylic acids is 1. The van der Waals surface area contributed by atoms with Gasteiger partial charge in [-0.1, -0.05) is 0 Å². The van der Waals surface area contributed by atoms with Crippen molar-refractivity contribution in [3.05, 3.63) is 10.4 Å². The molecule has 0 saturated carbocycles. The van der Waals surface area contributed by atoms with Crippen molar-refractivity contribution in [2.45, 2.75) is 58.2 Å². The van der Waals surface area contributed by atoms with E-state index in [1.165, 1.54) is 12.0 Å². The Morgan fingerprint density at radius 3 is 2.22 bits per heavy atom. The lowest BCUT2D eigenvalue weighted by molar-refractivity contribution is -1.05. The van der Waals surface area contributed by atoms with Crippen molar-refractivity contribution in [1.82, 2.24) is 5.06 Å². The Hall–Kier alpha value is -0.730. The minimum Gasteiger partial charge on any atom is -0.597 e. The summed E-state index contributed by atoms with van der Waals surface area (Å²) >= 11 is 0. The van der Waals surface area contributed by atoms with Crippen LogP contribution in [0.4, 0.5) is 0 Å². The fourth-order valence-electron chi connectivity index (χ4n) is 2.72. The lowest BCUT2D eigenvalue weighted by atomic mass is 9.95. The van der Waals surface area contributed by atoms with E-state index in [1.807, 2.05) is 13.8 Å². The number of nitrogens with zero attached hydrogens (tertiary/aromatic N) is 2. The second-order valence-corrected chi connectivity index (χ2v) is 5.79. The van der Waals surface area contributed by atoms with Crippen molar-refractivity contribution >= 4 is 5.97 Å². The summed E-state index contributed by atoms with van der Waals surface area (Å²) in [5, 5.41) is 25.0. The van der Waals surface area contributed by atoms with Gasteiger partial charge in [-0.05, 0) is 27.7 Å². The van der Waals surface area contributed by atoms with Crippen LogP contribution in [-0.4, -0.2) is 40.2 Å². The van der Waals surface area contributed by atoms with E-state index in [2.05, 4.69) is 4.84 Å². The topological polar surface area (TPSA) is 84.9 Å². The van der Waals surface area contributed by atoms with Crippen LogP contribution in [0.15, 0.2) is 0 Å². The molecule has 7 nitrogen and oxygen atoms in total. The fraction of sp³-hybridized carbons (Fsp3) is 0.909. The minimum absolute atomic E-state index is 0.272. The Morgan fingerprint density at radius 2 is 1.83 bits per heavy atom. The van der Waals surface area contributed by atoms with Crippen LogP contribution in [0.1, 0.15) is 41.0 Å². The van der Waals surface area contributed by atoms with Crippen LogP contribution >= 0.6 is 0 Å². The van der Waals surface area contributed by atoms with Gasteiger partial charge in [0.15, 0.2) is 0 Å². The summed E-state index contributed by atoms with van der Waals surface area (Å²) in [7, 11) is 1.08. The van der Waals surface area contributed by atoms with Crippen LogP contribution in [-0.2, 0) is 14.5 Å². The molecule has 1 rings (SSSR count). The lowest BCUT2D eigenvalue weighted by Crippen LogP contribution is -2.58. The third-order valence-corrected chi connectivity index (χ3v) is 3.44. The first-order valence-electron chi connectivity index (χ1n) is 5.80. The zero-order valence-corrected chi connectivity index (χ0v) is 11.7. The van der Waals surface area contributed by atoms with Gasteiger partial charge < -0.3 is 15.3 Å². The average molecular weight is 261 g/mol. The summed E-state index contributed by atoms with van der Waals surface area (Å²) in [6.45, 7) is 8.29. The monoisotopic (exact) mass is 261 g/mol. The molecule has 0 aromatic heterocycles. The third kappa shape index (κ3) is 2.50. The summed E-state index contributed by atoms with van der Waals surface area (Å²) < 4.78 is 0. The molecular formula is C11H21N2O5-. The van der Waals surface area contributed by atoms with Crippen LogP contribution in [0.2, 0.25) is 0 Å². The van der Waals surface area contributed by atoms with E-state index >= 15 is 0 Å². The molecular weight excluding hydrogens is 240 g/mol. The summed E-state index contributed by atoms with van der Waals surface area (Å²) in [4.78, 5) is 18.7. The smallest absolute Gasteiger partial charge is 0.322 e. The van der Waals surface area contributed by atoms with Gasteiger partial charge >= 0.3 is 5.97 Å². The highest BCUT2D eigenvalue weighted by molar-refractivity contribution is 5.65. The molecule has 0 spiro atoms. The molecule has 1 unspecified atom stereocenters. The van der Waals surface area contributed by atoms with E-state index in [4.69, 9.17) is 4.84 Å². The van der Waals surface area contributed by atoms with Crippen molar-refractivity contribution in [3.63, 3.8) is 0 Å². The number of hydrogen-bond donors (Lipinski definition) is 0. The number of rotatable bonds is 3. The molecule has 0 radical (unpaired) electrons. The lowest BCUT2D eigenvalue weighted by Gasteiger charge is -2.50. The van der Waals surface area contributed by atoms with Crippen molar-refractivity contribution in [3.8, 4) is 0 Å². The molecule has 7 heteroatoms. The quantitative estimate of drug-likeness (QED) is 0.565. The van der Waals surface area contributed by atoms with Gasteiger partial charge in [0.1, 0.15) is 11.6 Å². The highest BCUT2D eigenvalue weighted by atomic mass is 17.1. The number of carbonyl (C=O) groups is 1. The molecule has 0 amide bonds. The maximum atomic E-state index is 11.8. The van der Waals surface area contributed by atoms with Gasteiger partial charge in [-0.3, -0.25) is 4.79 Å². The summed E-state index contributed by atoms with van der Waals surface area (Å²) in [5.41, 5.74) is -1.51. The van der Waals surface area contributed by atoms with Crippen molar-refractivity contribution in [2.75, 3.05) is 7.11 Å². The van der Waals surface area contributed by atoms with Crippen LogP contribution in [0, 0.1) is 10.4 Å². The Kier molecular flexibility index (Phi) is 3.77. The third-order valence-electron chi connectivity index (χ3n) is 3.44. The molecule has 18 heavy (non-hydrogen) atoms. The van der Waals surface area contributed by atoms with Crippen LogP contribution < -0.4 is 0 Å².